The second-order valence-electron chi connectivity index (χ2n) is 10.3. The second-order valence-corrected chi connectivity index (χ2v) is 12.0. The number of aliphatic hydroxyl groups is 1. The fourth-order valence-electron chi connectivity index (χ4n) is 4.65. The van der Waals surface area contributed by atoms with Gasteiger partial charge in [-0.15, -0.1) is 0 Å². The van der Waals surface area contributed by atoms with E-state index < -0.39 is 16.1 Å². The van der Waals surface area contributed by atoms with Gasteiger partial charge in [0.2, 0.25) is 0 Å². The molecule has 0 unspecified atom stereocenters. The summed E-state index contributed by atoms with van der Waals surface area (Å²) in [5, 5.41) is 13.2. The molecule has 0 bridgehead atoms. The molecule has 0 aromatic heterocycles. The van der Waals surface area contributed by atoms with Crippen molar-refractivity contribution < 1.29 is 32.5 Å². The average molecular weight is 578 g/mol. The highest BCUT2D eigenvalue weighted by atomic mass is 32.2. The molecule has 0 saturated heterocycles. The summed E-state index contributed by atoms with van der Waals surface area (Å²) in [6.07, 6.45) is 2.26. The normalized spacial score (nSPS) is 22.0. The summed E-state index contributed by atoms with van der Waals surface area (Å²) in [6, 6.07) is 10.3. The molecule has 11 heteroatoms. The van der Waals surface area contributed by atoms with Gasteiger partial charge in [0.15, 0.2) is 0 Å². The highest BCUT2D eigenvalue weighted by Gasteiger charge is 2.30. The van der Waals surface area contributed by atoms with E-state index in [1.807, 2.05) is 20.9 Å². The highest BCUT2D eigenvalue weighted by molar-refractivity contribution is 7.92. The monoisotopic (exact) mass is 577 g/mol. The molecular weight excluding hydrogens is 534 g/mol. The number of rotatable bonds is 8. The van der Waals surface area contributed by atoms with E-state index in [1.54, 1.807) is 36.1 Å². The third-order valence-corrected chi connectivity index (χ3v) is 8.48. The minimum absolute atomic E-state index is 0.0339. The van der Waals surface area contributed by atoms with Crippen molar-refractivity contribution in [1.29, 1.82) is 0 Å². The van der Waals surface area contributed by atoms with Crippen molar-refractivity contribution in [3.8, 4) is 11.5 Å². The molecule has 1 amide bonds. The molecule has 1 aliphatic rings. The van der Waals surface area contributed by atoms with Crippen molar-refractivity contribution in [2.45, 2.75) is 63.2 Å². The van der Waals surface area contributed by atoms with Crippen LogP contribution in [-0.4, -0.2) is 83.0 Å². The quantitative estimate of drug-likeness (QED) is 0.435. The minimum Gasteiger partial charge on any atom is -0.497 e. The molecule has 10 nitrogen and oxygen atoms in total. The summed E-state index contributed by atoms with van der Waals surface area (Å²) in [5.74, 6) is 0.513. The van der Waals surface area contributed by atoms with Gasteiger partial charge in [0.05, 0.1) is 42.4 Å². The van der Waals surface area contributed by atoms with Gasteiger partial charge >= 0.3 is 0 Å². The Morgan fingerprint density at radius 1 is 1.15 bits per heavy atom. The van der Waals surface area contributed by atoms with Crippen LogP contribution in [0.3, 0.4) is 0 Å². The van der Waals surface area contributed by atoms with Crippen molar-refractivity contribution in [2.24, 2.45) is 5.92 Å². The number of carbonyl (C=O) groups is 1. The number of nitrogens with zero attached hydrogens (tertiary/aromatic N) is 1. The van der Waals surface area contributed by atoms with Crippen LogP contribution in [0.25, 0.3) is 0 Å². The molecule has 4 atom stereocenters. The fourth-order valence-corrected chi connectivity index (χ4v) is 5.70. The molecule has 3 N–H and O–H groups in total. The number of ether oxygens (including phenoxy) is 3. The van der Waals surface area contributed by atoms with Crippen LogP contribution in [0.1, 0.15) is 50.4 Å². The second kappa shape index (κ2) is 14.7. The van der Waals surface area contributed by atoms with Crippen LogP contribution in [-0.2, 0) is 14.8 Å². The Balaban J connectivity index is 2.01. The van der Waals surface area contributed by atoms with Crippen molar-refractivity contribution in [3.63, 3.8) is 0 Å². The molecule has 0 radical (unpaired) electrons. The highest BCUT2D eigenvalue weighted by Crippen LogP contribution is 2.29. The first-order valence-electron chi connectivity index (χ1n) is 13.7. The van der Waals surface area contributed by atoms with Crippen LogP contribution in [0.5, 0.6) is 11.5 Å². The minimum atomic E-state index is -3.93. The van der Waals surface area contributed by atoms with Gasteiger partial charge < -0.3 is 29.5 Å². The van der Waals surface area contributed by atoms with Crippen LogP contribution in [0.15, 0.2) is 47.4 Å². The predicted molar refractivity (Wildman–Crippen MR) is 155 cm³/mol. The summed E-state index contributed by atoms with van der Waals surface area (Å²) in [7, 11) is -0.562. The standard InChI is InChI=1S/C29H43N3O7S/c1-20-18-32(21(2)19-33)29(34)26-16-23(31-40(35,36)25-12-10-24(37-5)11-13-25)9-14-27(26)39-22(3)8-6-7-15-38-28(20)17-30-4/h9-14,16,20-22,28,30-31,33H,6-8,15,17-19H2,1-5H3/t20-,21+,22+,28-/m1/s1. The maximum atomic E-state index is 14.1. The molecule has 0 saturated carbocycles. The molecule has 0 spiro atoms. The first-order valence-corrected chi connectivity index (χ1v) is 15.2. The van der Waals surface area contributed by atoms with E-state index in [9.17, 15) is 18.3 Å². The first-order chi connectivity index (χ1) is 19.1. The number of sulfonamides is 1. The average Bonchev–Trinajstić information content (AvgIpc) is 2.94. The number of fused-ring (bicyclic) bond motifs is 1. The molecule has 2 aromatic carbocycles. The van der Waals surface area contributed by atoms with E-state index in [0.717, 1.165) is 19.3 Å². The molecular formula is C29H43N3O7S. The Kier molecular flexibility index (Phi) is 11.6. The topological polar surface area (TPSA) is 126 Å². The van der Waals surface area contributed by atoms with Gasteiger partial charge in [0.25, 0.3) is 15.9 Å². The number of benzene rings is 2. The van der Waals surface area contributed by atoms with E-state index in [2.05, 4.69) is 10.0 Å². The zero-order valence-corrected chi connectivity index (χ0v) is 24.9. The SMILES string of the molecule is CNC[C@H]1OCCCC[C@H](C)Oc2ccc(NS(=O)(=O)c3ccc(OC)cc3)cc2C(=O)N([C@@H](C)CO)C[C@H]1C. The van der Waals surface area contributed by atoms with E-state index >= 15 is 0 Å². The number of anilines is 1. The van der Waals surface area contributed by atoms with E-state index in [4.69, 9.17) is 14.2 Å². The van der Waals surface area contributed by atoms with Crippen LogP contribution in [0.4, 0.5) is 5.69 Å². The fraction of sp³-hybridized carbons (Fsp3) is 0.552. The molecule has 0 fully saturated rings. The summed E-state index contributed by atoms with van der Waals surface area (Å²) in [6.45, 7) is 7.10. The Labute approximate surface area is 238 Å². The smallest absolute Gasteiger partial charge is 0.261 e. The molecule has 222 valence electrons. The van der Waals surface area contributed by atoms with E-state index in [0.29, 0.717) is 31.2 Å². The van der Waals surface area contributed by atoms with Gasteiger partial charge in [-0.3, -0.25) is 9.52 Å². The van der Waals surface area contributed by atoms with Gasteiger partial charge in [-0.2, -0.15) is 0 Å². The predicted octanol–water partition coefficient (Wildman–Crippen LogP) is 3.51. The van der Waals surface area contributed by atoms with Gasteiger partial charge in [-0.05, 0) is 82.6 Å². The number of hydrogen-bond donors (Lipinski definition) is 3. The lowest BCUT2D eigenvalue weighted by Gasteiger charge is -2.34. The molecule has 3 rings (SSSR count). The molecule has 1 aliphatic heterocycles. The number of nitrogens with one attached hydrogen (secondary N) is 2. The van der Waals surface area contributed by atoms with Gasteiger partial charge in [-0.1, -0.05) is 6.92 Å². The number of aliphatic hydroxyl groups excluding tert-OH is 1. The van der Waals surface area contributed by atoms with Gasteiger partial charge in [0.1, 0.15) is 11.5 Å². The number of methoxy groups -OCH3 is 1. The van der Waals surface area contributed by atoms with Crippen LogP contribution < -0.4 is 19.5 Å². The summed E-state index contributed by atoms with van der Waals surface area (Å²) in [5.41, 5.74) is 0.443. The lowest BCUT2D eigenvalue weighted by Crippen LogP contribution is -2.47. The number of hydrogen-bond acceptors (Lipinski definition) is 8. The lowest BCUT2D eigenvalue weighted by molar-refractivity contribution is -0.000450. The third-order valence-electron chi connectivity index (χ3n) is 7.08. The Morgan fingerprint density at radius 2 is 1.88 bits per heavy atom. The number of carbonyl (C=O) groups excluding carboxylic acids is 1. The van der Waals surface area contributed by atoms with Crippen molar-refractivity contribution >= 4 is 21.6 Å². The van der Waals surface area contributed by atoms with Gasteiger partial charge in [-0.25, -0.2) is 8.42 Å². The molecule has 40 heavy (non-hydrogen) atoms. The summed E-state index contributed by atoms with van der Waals surface area (Å²) >= 11 is 0. The third kappa shape index (κ3) is 8.33. The van der Waals surface area contributed by atoms with Crippen molar-refractivity contribution in [3.05, 3.63) is 48.0 Å². The Hall–Kier alpha value is -2.86. The van der Waals surface area contributed by atoms with Crippen LogP contribution in [0.2, 0.25) is 0 Å². The van der Waals surface area contributed by atoms with Crippen molar-refractivity contribution in [1.82, 2.24) is 10.2 Å². The van der Waals surface area contributed by atoms with Crippen LogP contribution >= 0.6 is 0 Å². The zero-order chi connectivity index (χ0) is 29.3. The molecule has 0 aliphatic carbocycles. The molecule has 1 heterocycles. The van der Waals surface area contributed by atoms with Crippen LogP contribution in [0, 0.1) is 5.92 Å². The lowest BCUT2D eigenvalue weighted by atomic mass is 10.0. The number of amides is 1. The van der Waals surface area contributed by atoms with E-state index in [-0.39, 0.29) is 46.8 Å². The maximum Gasteiger partial charge on any atom is 0.261 e. The zero-order valence-electron chi connectivity index (χ0n) is 24.1. The molecule has 2 aromatic rings. The van der Waals surface area contributed by atoms with Crippen molar-refractivity contribution in [2.75, 3.05) is 45.2 Å². The maximum absolute atomic E-state index is 14.1. The van der Waals surface area contributed by atoms with Gasteiger partial charge in [0, 0.05) is 31.3 Å². The van der Waals surface area contributed by atoms with E-state index in [1.165, 1.54) is 25.3 Å². The summed E-state index contributed by atoms with van der Waals surface area (Å²) in [4.78, 5) is 15.7. The Bertz CT molecular complexity index is 1210. The largest absolute Gasteiger partial charge is 0.497 e. The number of likely N-dealkylation sites (N-methyl/N-ethyl adjacent to an activating group) is 1. The Morgan fingerprint density at radius 3 is 2.52 bits per heavy atom. The first kappa shape index (κ1) is 31.7. The summed E-state index contributed by atoms with van der Waals surface area (Å²) < 4.78 is 46.3.